The molecule has 2 aromatic rings. The van der Waals surface area contributed by atoms with Crippen molar-refractivity contribution in [2.45, 2.75) is 57.1 Å². The zero-order chi connectivity index (χ0) is 22.3. The minimum Gasteiger partial charge on any atom is -0.399 e. The van der Waals surface area contributed by atoms with Crippen molar-refractivity contribution in [2.24, 2.45) is 0 Å². The highest BCUT2D eigenvalue weighted by molar-refractivity contribution is 7.93. The number of hydrogen-bond acceptors (Lipinski definition) is 7. The summed E-state index contributed by atoms with van der Waals surface area (Å²) in [5.41, 5.74) is 7.75. The number of anilines is 2. The molecule has 1 aromatic heterocycles. The number of ether oxygens (including phenoxy) is 1. The lowest BCUT2D eigenvalue weighted by Crippen LogP contribution is -2.45. The average molecular weight is 433 g/mol. The van der Waals surface area contributed by atoms with E-state index in [1.54, 1.807) is 46.8 Å². The maximum absolute atomic E-state index is 13.4. The van der Waals surface area contributed by atoms with Gasteiger partial charge in [-0.05, 0) is 65.8 Å². The van der Waals surface area contributed by atoms with E-state index >= 15 is 0 Å². The molecule has 7 nitrogen and oxygen atoms in total. The second-order valence-electron chi connectivity index (χ2n) is 9.30. The van der Waals surface area contributed by atoms with Gasteiger partial charge in [0.1, 0.15) is 10.6 Å². The van der Waals surface area contributed by atoms with Crippen LogP contribution in [0, 0.1) is 0 Å². The van der Waals surface area contributed by atoms with Gasteiger partial charge in [0.2, 0.25) is 0 Å². The van der Waals surface area contributed by atoms with E-state index in [0.717, 1.165) is 5.56 Å². The average Bonchev–Trinajstić information content (AvgIpc) is 2.67. The van der Waals surface area contributed by atoms with Gasteiger partial charge in [0.05, 0.1) is 29.7 Å². The van der Waals surface area contributed by atoms with Gasteiger partial charge in [0, 0.05) is 23.9 Å². The predicted molar refractivity (Wildman–Crippen MR) is 121 cm³/mol. The molecule has 0 spiro atoms. The van der Waals surface area contributed by atoms with Crippen LogP contribution in [0.2, 0.25) is 0 Å². The molecule has 1 aliphatic rings. The summed E-state index contributed by atoms with van der Waals surface area (Å²) in [6.45, 7) is 12.5. The van der Waals surface area contributed by atoms with Gasteiger partial charge in [0.25, 0.3) is 0 Å². The van der Waals surface area contributed by atoms with Crippen molar-refractivity contribution in [3.63, 3.8) is 0 Å². The molecule has 1 fully saturated rings. The van der Waals surface area contributed by atoms with Crippen LogP contribution in [-0.4, -0.2) is 48.9 Å². The van der Waals surface area contributed by atoms with Gasteiger partial charge in [-0.25, -0.2) is 18.4 Å². The number of rotatable bonds is 4. The first-order valence-electron chi connectivity index (χ1n) is 10.2. The fraction of sp³-hybridized carbons (Fsp3) is 0.545. The maximum atomic E-state index is 13.4. The molecule has 3 rings (SSSR count). The summed E-state index contributed by atoms with van der Waals surface area (Å²) in [7, 11) is -3.55. The minimum atomic E-state index is -3.55. The van der Waals surface area contributed by atoms with E-state index in [1.807, 2.05) is 18.2 Å². The van der Waals surface area contributed by atoms with E-state index in [1.165, 1.54) is 0 Å². The molecule has 1 saturated heterocycles. The molecule has 0 saturated carbocycles. The molecule has 0 amide bonds. The monoisotopic (exact) mass is 432 g/mol. The normalized spacial score (nSPS) is 18.5. The van der Waals surface area contributed by atoms with Gasteiger partial charge in [-0.2, -0.15) is 0 Å². The van der Waals surface area contributed by atoms with E-state index in [-0.39, 0.29) is 6.04 Å². The van der Waals surface area contributed by atoms with Gasteiger partial charge in [-0.15, -0.1) is 0 Å². The van der Waals surface area contributed by atoms with Gasteiger partial charge in [-0.3, -0.25) is 0 Å². The summed E-state index contributed by atoms with van der Waals surface area (Å²) in [5.74, 6) is 1.19. The third kappa shape index (κ3) is 4.03. The Labute approximate surface area is 179 Å². The number of nitrogen functional groups attached to an aromatic ring is 1. The Balaban J connectivity index is 2.20. The van der Waals surface area contributed by atoms with Gasteiger partial charge >= 0.3 is 0 Å². The zero-order valence-corrected chi connectivity index (χ0v) is 19.5. The molecule has 0 radical (unpaired) electrons. The molecular weight excluding hydrogens is 400 g/mol. The van der Waals surface area contributed by atoms with Crippen molar-refractivity contribution < 1.29 is 13.2 Å². The summed E-state index contributed by atoms with van der Waals surface area (Å²) >= 11 is 0. The molecule has 2 heterocycles. The summed E-state index contributed by atoms with van der Waals surface area (Å²) < 4.78 is 30.3. The van der Waals surface area contributed by atoms with Crippen LogP contribution in [0.1, 0.15) is 47.2 Å². The Morgan fingerprint density at radius 3 is 2.30 bits per heavy atom. The van der Waals surface area contributed by atoms with Gasteiger partial charge in [-0.1, -0.05) is 0 Å². The van der Waals surface area contributed by atoms with Crippen LogP contribution in [0.3, 0.4) is 0 Å². The molecule has 1 aromatic carbocycles. The Hall–Kier alpha value is -2.19. The van der Waals surface area contributed by atoms with Crippen LogP contribution < -0.4 is 10.6 Å². The lowest BCUT2D eigenvalue weighted by molar-refractivity contribution is 0.0985. The van der Waals surface area contributed by atoms with Crippen molar-refractivity contribution in [1.29, 1.82) is 0 Å². The molecule has 164 valence electrons. The number of hydrogen-bond donors (Lipinski definition) is 1. The second kappa shape index (κ2) is 7.81. The van der Waals surface area contributed by atoms with E-state index in [2.05, 4.69) is 11.8 Å². The highest BCUT2D eigenvalue weighted by Gasteiger charge is 2.46. The number of morpholine rings is 1. The molecule has 8 heteroatoms. The highest BCUT2D eigenvalue weighted by Crippen LogP contribution is 2.38. The zero-order valence-electron chi connectivity index (χ0n) is 18.6. The summed E-state index contributed by atoms with van der Waals surface area (Å²) in [4.78, 5) is 11.7. The standard InChI is InChI=1S/C22H32N4O3S/c1-15-14-29-12-11-26(15)19-13-18(22(5,6)30(27,28)21(2,3)4)24-20(25-19)16-7-9-17(23)10-8-16/h7-10,13,15H,11-12,14,23H2,1-6H3/t15-/m0/s1. The summed E-state index contributed by atoms with van der Waals surface area (Å²) in [6, 6.07) is 9.23. The molecule has 2 N–H and O–H groups in total. The SMILES string of the molecule is C[C@H]1COCCN1c1cc(C(C)(C)S(=O)(=O)C(C)(C)C)nc(-c2ccc(N)cc2)n1. The topological polar surface area (TPSA) is 98.4 Å². The predicted octanol–water partition coefficient (Wildman–Crippen LogP) is 3.40. The molecule has 1 aliphatic heterocycles. The molecule has 0 aliphatic carbocycles. The Morgan fingerprint density at radius 2 is 1.73 bits per heavy atom. The van der Waals surface area contributed by atoms with Crippen LogP contribution in [-0.2, 0) is 19.3 Å². The smallest absolute Gasteiger partial charge is 0.166 e. The number of nitrogens with two attached hydrogens (primary N) is 1. The minimum absolute atomic E-state index is 0.128. The van der Waals surface area contributed by atoms with Crippen LogP contribution in [0.4, 0.5) is 11.5 Å². The van der Waals surface area contributed by atoms with Crippen molar-refractivity contribution in [1.82, 2.24) is 9.97 Å². The molecule has 30 heavy (non-hydrogen) atoms. The lowest BCUT2D eigenvalue weighted by Gasteiger charge is -2.36. The summed E-state index contributed by atoms with van der Waals surface area (Å²) in [6.07, 6.45) is 0. The highest BCUT2D eigenvalue weighted by atomic mass is 32.2. The fourth-order valence-corrected chi connectivity index (χ4v) is 5.53. The van der Waals surface area contributed by atoms with Crippen LogP contribution in [0.25, 0.3) is 11.4 Å². The van der Waals surface area contributed by atoms with Crippen molar-refractivity contribution in [3.05, 3.63) is 36.0 Å². The first-order chi connectivity index (χ1) is 13.8. The third-order valence-electron chi connectivity index (χ3n) is 5.64. The number of aromatic nitrogens is 2. The van der Waals surface area contributed by atoms with Gasteiger partial charge < -0.3 is 15.4 Å². The molecule has 1 atom stereocenters. The molecular formula is C22H32N4O3S. The summed E-state index contributed by atoms with van der Waals surface area (Å²) in [5, 5.41) is 0. The van der Waals surface area contributed by atoms with Crippen molar-refractivity contribution in [2.75, 3.05) is 30.4 Å². The Bertz CT molecular complexity index is 1010. The van der Waals surface area contributed by atoms with Crippen LogP contribution in [0.5, 0.6) is 0 Å². The second-order valence-corrected chi connectivity index (χ2v) is 12.6. The molecule has 0 unspecified atom stereocenters. The van der Waals surface area contributed by atoms with E-state index in [9.17, 15) is 8.42 Å². The fourth-order valence-electron chi connectivity index (χ4n) is 3.62. The van der Waals surface area contributed by atoms with Crippen molar-refractivity contribution >= 4 is 21.3 Å². The number of nitrogens with zero attached hydrogens (tertiary/aromatic N) is 3. The van der Waals surface area contributed by atoms with Crippen molar-refractivity contribution in [3.8, 4) is 11.4 Å². The van der Waals surface area contributed by atoms with Gasteiger partial charge in [0.15, 0.2) is 15.7 Å². The first kappa shape index (κ1) is 22.5. The van der Waals surface area contributed by atoms with Crippen LogP contribution >= 0.6 is 0 Å². The van der Waals surface area contributed by atoms with E-state index in [0.29, 0.717) is 42.8 Å². The number of sulfone groups is 1. The molecule has 0 bridgehead atoms. The largest absolute Gasteiger partial charge is 0.399 e. The Kier molecular flexibility index (Phi) is 5.86. The quantitative estimate of drug-likeness (QED) is 0.739. The van der Waals surface area contributed by atoms with E-state index in [4.69, 9.17) is 20.4 Å². The van der Waals surface area contributed by atoms with Crippen LogP contribution in [0.15, 0.2) is 30.3 Å². The maximum Gasteiger partial charge on any atom is 0.166 e. The third-order valence-corrected chi connectivity index (χ3v) is 8.80. The Morgan fingerprint density at radius 1 is 1.10 bits per heavy atom. The first-order valence-corrected chi connectivity index (χ1v) is 11.7. The van der Waals surface area contributed by atoms with E-state index < -0.39 is 19.3 Å². The lowest BCUT2D eigenvalue weighted by atomic mass is 10.1. The number of benzene rings is 1.